The van der Waals surface area contributed by atoms with Gasteiger partial charge in [0.2, 0.25) is 0 Å². The van der Waals surface area contributed by atoms with Gasteiger partial charge in [0.25, 0.3) is 0 Å². The summed E-state index contributed by atoms with van der Waals surface area (Å²) in [6.07, 6.45) is 1.89. The van der Waals surface area contributed by atoms with E-state index in [2.05, 4.69) is 103 Å². The summed E-state index contributed by atoms with van der Waals surface area (Å²) in [5, 5.41) is 6.26. The van der Waals surface area contributed by atoms with Crippen molar-refractivity contribution in [1.82, 2.24) is 4.98 Å². The molecule has 0 amide bonds. The number of rotatable bonds is 2. The van der Waals surface area contributed by atoms with Crippen molar-refractivity contribution < 1.29 is 0 Å². The Kier molecular flexibility index (Phi) is 4.08. The third-order valence-electron chi connectivity index (χ3n) is 6.53. The molecule has 33 heavy (non-hydrogen) atoms. The van der Waals surface area contributed by atoms with Crippen molar-refractivity contribution in [3.8, 4) is 22.3 Å². The Morgan fingerprint density at radius 3 is 2.09 bits per heavy atom. The summed E-state index contributed by atoms with van der Waals surface area (Å²) >= 11 is 1.88. The van der Waals surface area contributed by atoms with Crippen molar-refractivity contribution in [3.63, 3.8) is 0 Å². The summed E-state index contributed by atoms with van der Waals surface area (Å²) in [7, 11) is 0. The van der Waals surface area contributed by atoms with Crippen LogP contribution < -0.4 is 0 Å². The minimum atomic E-state index is 1.06. The molecule has 0 aliphatic heterocycles. The van der Waals surface area contributed by atoms with Gasteiger partial charge >= 0.3 is 0 Å². The first-order valence-corrected chi connectivity index (χ1v) is 12.0. The van der Waals surface area contributed by atoms with Crippen LogP contribution in [0.3, 0.4) is 0 Å². The third-order valence-corrected chi connectivity index (χ3v) is 7.75. The van der Waals surface area contributed by atoms with Crippen molar-refractivity contribution in [2.45, 2.75) is 0 Å². The van der Waals surface area contributed by atoms with E-state index in [-0.39, 0.29) is 0 Å². The SMILES string of the molecule is c1ccc(-c2cccc3ccc4cccnc4c23)c(-c2cccc3c2sc2ccccc23)c1. The average molecular weight is 438 g/mol. The van der Waals surface area contributed by atoms with Crippen LogP contribution in [0.1, 0.15) is 0 Å². The highest BCUT2D eigenvalue weighted by Crippen LogP contribution is 2.44. The second-order valence-corrected chi connectivity index (χ2v) is 9.42. The number of nitrogens with zero attached hydrogens (tertiary/aromatic N) is 1. The van der Waals surface area contributed by atoms with Gasteiger partial charge < -0.3 is 0 Å². The fraction of sp³-hybridized carbons (Fsp3) is 0. The lowest BCUT2D eigenvalue weighted by molar-refractivity contribution is 1.43. The number of thiophene rings is 1. The van der Waals surface area contributed by atoms with E-state index in [0.717, 1.165) is 5.52 Å². The highest BCUT2D eigenvalue weighted by Gasteiger charge is 2.16. The van der Waals surface area contributed by atoms with E-state index >= 15 is 0 Å². The normalized spacial score (nSPS) is 11.6. The van der Waals surface area contributed by atoms with Gasteiger partial charge in [-0.25, -0.2) is 0 Å². The van der Waals surface area contributed by atoms with Gasteiger partial charge in [-0.05, 0) is 34.2 Å². The van der Waals surface area contributed by atoms with Crippen molar-refractivity contribution >= 4 is 53.2 Å². The van der Waals surface area contributed by atoms with Gasteiger partial charge in [0, 0.05) is 42.7 Å². The topological polar surface area (TPSA) is 12.9 Å². The fourth-order valence-corrected chi connectivity index (χ4v) is 6.28. The molecule has 5 aromatic carbocycles. The van der Waals surface area contributed by atoms with Crippen LogP contribution in [0, 0.1) is 0 Å². The molecule has 154 valence electrons. The largest absolute Gasteiger partial charge is 0.256 e. The molecular weight excluding hydrogens is 418 g/mol. The maximum atomic E-state index is 4.78. The third kappa shape index (κ3) is 2.81. The maximum absolute atomic E-state index is 4.78. The zero-order valence-corrected chi connectivity index (χ0v) is 18.6. The quantitative estimate of drug-likeness (QED) is 0.246. The first kappa shape index (κ1) is 18.6. The van der Waals surface area contributed by atoms with E-state index in [9.17, 15) is 0 Å². The van der Waals surface area contributed by atoms with Crippen LogP contribution in [0.5, 0.6) is 0 Å². The highest BCUT2D eigenvalue weighted by molar-refractivity contribution is 7.26. The Balaban J connectivity index is 1.57. The molecule has 2 aromatic heterocycles. The van der Waals surface area contributed by atoms with Crippen molar-refractivity contribution in [3.05, 3.63) is 115 Å². The molecule has 0 N–H and O–H groups in total. The molecular formula is C31H19NS. The zero-order valence-electron chi connectivity index (χ0n) is 17.8. The summed E-state index contributed by atoms with van der Waals surface area (Å²) in [5.74, 6) is 0. The molecule has 2 heteroatoms. The smallest absolute Gasteiger partial charge is 0.0786 e. The predicted octanol–water partition coefficient (Wildman–Crippen LogP) is 9.09. The molecule has 0 bridgehead atoms. The average Bonchev–Trinajstić information content (AvgIpc) is 3.27. The number of benzene rings is 5. The van der Waals surface area contributed by atoms with Gasteiger partial charge in [0.15, 0.2) is 0 Å². The van der Waals surface area contributed by atoms with E-state index in [1.807, 2.05) is 23.6 Å². The van der Waals surface area contributed by atoms with E-state index in [0.29, 0.717) is 0 Å². The Hall–Kier alpha value is -4.01. The van der Waals surface area contributed by atoms with E-state index in [1.54, 1.807) is 0 Å². The Labute approximate surface area is 195 Å². The first-order chi connectivity index (χ1) is 16.4. The molecule has 0 saturated heterocycles. The summed E-state index contributed by atoms with van der Waals surface area (Å²) in [6.45, 7) is 0. The Morgan fingerprint density at radius 1 is 0.485 bits per heavy atom. The standard InChI is InChI=1S/C31H19NS/c1-2-11-23(26-14-6-15-27-24-12-3-4-16-28(24)33-31(26)27)22(10-1)25-13-5-8-20-17-18-21-9-7-19-32-30(21)29(20)25/h1-19H. The van der Waals surface area contributed by atoms with Gasteiger partial charge in [0.1, 0.15) is 0 Å². The van der Waals surface area contributed by atoms with Crippen molar-refractivity contribution in [2.75, 3.05) is 0 Å². The first-order valence-electron chi connectivity index (χ1n) is 11.1. The maximum Gasteiger partial charge on any atom is 0.0786 e. The summed E-state index contributed by atoms with van der Waals surface area (Å²) < 4.78 is 2.67. The van der Waals surface area contributed by atoms with Crippen LogP contribution in [-0.2, 0) is 0 Å². The molecule has 7 rings (SSSR count). The minimum Gasteiger partial charge on any atom is -0.256 e. The van der Waals surface area contributed by atoms with Crippen molar-refractivity contribution in [2.24, 2.45) is 0 Å². The lowest BCUT2D eigenvalue weighted by atomic mass is 9.90. The number of hydrogen-bond donors (Lipinski definition) is 0. The van der Waals surface area contributed by atoms with E-state index in [1.165, 1.54) is 58.6 Å². The summed E-state index contributed by atoms with van der Waals surface area (Å²) in [6, 6.07) is 39.3. The number of pyridine rings is 1. The highest BCUT2D eigenvalue weighted by atomic mass is 32.1. The number of fused-ring (bicyclic) bond motifs is 6. The molecule has 1 nitrogen and oxygen atoms in total. The molecule has 7 aromatic rings. The summed E-state index contributed by atoms with van der Waals surface area (Å²) in [4.78, 5) is 4.78. The van der Waals surface area contributed by atoms with Crippen LogP contribution in [0.25, 0.3) is 64.1 Å². The zero-order chi connectivity index (χ0) is 21.8. The second kappa shape index (κ2) is 7.26. The van der Waals surface area contributed by atoms with Crippen LogP contribution >= 0.6 is 11.3 Å². The second-order valence-electron chi connectivity index (χ2n) is 8.37. The molecule has 0 spiro atoms. The number of hydrogen-bond acceptors (Lipinski definition) is 2. The van der Waals surface area contributed by atoms with E-state index in [4.69, 9.17) is 4.98 Å². The molecule has 2 heterocycles. The van der Waals surface area contributed by atoms with Crippen LogP contribution in [-0.4, -0.2) is 4.98 Å². The molecule has 0 aliphatic rings. The van der Waals surface area contributed by atoms with Gasteiger partial charge in [-0.1, -0.05) is 97.1 Å². The lowest BCUT2D eigenvalue weighted by Crippen LogP contribution is -1.89. The van der Waals surface area contributed by atoms with Crippen LogP contribution in [0.2, 0.25) is 0 Å². The predicted molar refractivity (Wildman–Crippen MR) is 143 cm³/mol. The molecule has 0 atom stereocenters. The minimum absolute atomic E-state index is 1.06. The van der Waals surface area contributed by atoms with E-state index < -0.39 is 0 Å². The van der Waals surface area contributed by atoms with Gasteiger partial charge in [-0.3, -0.25) is 4.98 Å². The summed E-state index contributed by atoms with van der Waals surface area (Å²) in [5.41, 5.74) is 6.07. The molecule has 0 unspecified atom stereocenters. The van der Waals surface area contributed by atoms with Gasteiger partial charge in [-0.15, -0.1) is 11.3 Å². The molecule has 0 aliphatic carbocycles. The van der Waals surface area contributed by atoms with Crippen molar-refractivity contribution in [1.29, 1.82) is 0 Å². The molecule has 0 fully saturated rings. The van der Waals surface area contributed by atoms with Gasteiger partial charge in [-0.2, -0.15) is 0 Å². The Bertz CT molecular complexity index is 1830. The monoisotopic (exact) mass is 437 g/mol. The fourth-order valence-electron chi connectivity index (χ4n) is 5.05. The van der Waals surface area contributed by atoms with Crippen LogP contribution in [0.15, 0.2) is 115 Å². The molecule has 0 radical (unpaired) electrons. The van der Waals surface area contributed by atoms with Crippen LogP contribution in [0.4, 0.5) is 0 Å². The number of aromatic nitrogens is 1. The Morgan fingerprint density at radius 2 is 1.15 bits per heavy atom. The van der Waals surface area contributed by atoms with Gasteiger partial charge in [0.05, 0.1) is 5.52 Å². The lowest BCUT2D eigenvalue weighted by Gasteiger charge is -2.14. The molecule has 0 saturated carbocycles.